The van der Waals surface area contributed by atoms with E-state index in [2.05, 4.69) is 10.6 Å². The maximum Gasteiger partial charge on any atom is 0.338 e. The number of rotatable bonds is 6. The summed E-state index contributed by atoms with van der Waals surface area (Å²) in [6, 6.07) is 12.8. The predicted octanol–water partition coefficient (Wildman–Crippen LogP) is 2.45. The largest absolute Gasteiger partial charge is 0.508 e. The van der Waals surface area contributed by atoms with Gasteiger partial charge in [0.15, 0.2) is 17.3 Å². The molecule has 0 bridgehead atoms. The molecular weight excluding hydrogens is 480 g/mol. The number of nitrogens with one attached hydrogen (secondary N) is 2. The molecule has 6 N–H and O–H groups in total. The first-order chi connectivity index (χ1) is 17.7. The second-order valence-electron chi connectivity index (χ2n) is 8.68. The Morgan fingerprint density at radius 3 is 2.19 bits per heavy atom. The monoisotopic (exact) mass is 506 g/mol. The average molecular weight is 507 g/mol. The summed E-state index contributed by atoms with van der Waals surface area (Å²) < 4.78 is 5.69. The lowest BCUT2D eigenvalue weighted by atomic mass is 10.00. The molecule has 1 aliphatic rings. The molecule has 1 heterocycles. The SMILES string of the molecule is O=C(N[C@H]1CNCCC[C@@H]1OC(=O)c1ccc(O)cc1)c1ccc(C(=O)c2cc(O)cc(O)c2O)cc1. The summed E-state index contributed by atoms with van der Waals surface area (Å²) in [6.45, 7) is 1.09. The van der Waals surface area contributed by atoms with Crippen LogP contribution in [0.1, 0.15) is 49.5 Å². The van der Waals surface area contributed by atoms with Gasteiger partial charge in [-0.1, -0.05) is 12.1 Å². The van der Waals surface area contributed by atoms with E-state index in [1.807, 2.05) is 0 Å². The fourth-order valence-electron chi connectivity index (χ4n) is 4.06. The standard InChI is InChI=1S/C27H26N2O8/c30-18-9-7-17(8-10-18)27(36)37-23-2-1-11-28-14-21(23)29-26(35)16-5-3-15(4-6-16)24(33)20-12-19(31)13-22(32)25(20)34/h3-10,12-13,21,23,28,30-32,34H,1-2,11,14H2,(H,29,35)/t21-,23-/m0/s1. The van der Waals surface area contributed by atoms with Gasteiger partial charge in [-0.3, -0.25) is 9.59 Å². The summed E-state index contributed by atoms with van der Waals surface area (Å²) in [5, 5.41) is 44.8. The molecule has 1 amide bonds. The van der Waals surface area contributed by atoms with Gasteiger partial charge in [-0.25, -0.2) is 4.79 Å². The van der Waals surface area contributed by atoms with E-state index in [4.69, 9.17) is 4.74 Å². The van der Waals surface area contributed by atoms with Crippen molar-refractivity contribution in [1.29, 1.82) is 0 Å². The van der Waals surface area contributed by atoms with Crippen molar-refractivity contribution in [3.05, 3.63) is 82.9 Å². The van der Waals surface area contributed by atoms with Crippen molar-refractivity contribution in [3.8, 4) is 23.0 Å². The Morgan fingerprint density at radius 1 is 0.838 bits per heavy atom. The van der Waals surface area contributed by atoms with Crippen molar-refractivity contribution >= 4 is 17.7 Å². The van der Waals surface area contributed by atoms with Gasteiger partial charge in [-0.2, -0.15) is 0 Å². The summed E-state index contributed by atoms with van der Waals surface area (Å²) in [5.74, 6) is -3.27. The summed E-state index contributed by atoms with van der Waals surface area (Å²) >= 11 is 0. The van der Waals surface area contributed by atoms with Gasteiger partial charge in [0.1, 0.15) is 17.6 Å². The van der Waals surface area contributed by atoms with Crippen molar-refractivity contribution in [2.24, 2.45) is 0 Å². The zero-order chi connectivity index (χ0) is 26.5. The van der Waals surface area contributed by atoms with Crippen LogP contribution in [0.2, 0.25) is 0 Å². The lowest BCUT2D eigenvalue weighted by Gasteiger charge is -2.26. The molecule has 0 saturated carbocycles. The Morgan fingerprint density at radius 2 is 1.49 bits per heavy atom. The maximum atomic E-state index is 13.0. The van der Waals surface area contributed by atoms with Crippen molar-refractivity contribution in [1.82, 2.24) is 10.6 Å². The normalized spacial score (nSPS) is 17.4. The average Bonchev–Trinajstić information content (AvgIpc) is 3.11. The number of ether oxygens (including phenoxy) is 1. The number of phenolic OH excluding ortho intramolecular Hbond substituents is 4. The first kappa shape index (κ1) is 25.5. The molecular formula is C27H26N2O8. The van der Waals surface area contributed by atoms with Crippen LogP contribution in [0, 0.1) is 0 Å². The summed E-state index contributed by atoms with van der Waals surface area (Å²) in [4.78, 5) is 38.3. The van der Waals surface area contributed by atoms with Crippen LogP contribution in [0.3, 0.4) is 0 Å². The minimum Gasteiger partial charge on any atom is -0.508 e. The van der Waals surface area contributed by atoms with E-state index >= 15 is 0 Å². The highest BCUT2D eigenvalue weighted by atomic mass is 16.5. The van der Waals surface area contributed by atoms with Crippen LogP contribution in [0.5, 0.6) is 23.0 Å². The fraction of sp³-hybridized carbons (Fsp3) is 0.222. The number of ketones is 1. The van der Waals surface area contributed by atoms with E-state index in [1.165, 1.54) is 48.5 Å². The Hall–Kier alpha value is -4.57. The van der Waals surface area contributed by atoms with Crippen LogP contribution < -0.4 is 10.6 Å². The van der Waals surface area contributed by atoms with Gasteiger partial charge in [0, 0.05) is 23.7 Å². The van der Waals surface area contributed by atoms with E-state index in [0.29, 0.717) is 19.5 Å². The van der Waals surface area contributed by atoms with Crippen molar-refractivity contribution < 1.29 is 39.5 Å². The summed E-state index contributed by atoms with van der Waals surface area (Å²) in [7, 11) is 0. The van der Waals surface area contributed by atoms with Crippen molar-refractivity contribution in [2.75, 3.05) is 13.1 Å². The molecule has 10 nitrogen and oxygen atoms in total. The number of hydrogen-bond acceptors (Lipinski definition) is 9. The molecule has 0 aliphatic carbocycles. The van der Waals surface area contributed by atoms with Crippen molar-refractivity contribution in [2.45, 2.75) is 25.0 Å². The van der Waals surface area contributed by atoms with Crippen LogP contribution in [-0.2, 0) is 4.74 Å². The van der Waals surface area contributed by atoms with Crippen LogP contribution in [0.4, 0.5) is 0 Å². The Bertz CT molecular complexity index is 1310. The molecule has 1 aliphatic heterocycles. The number of carbonyl (C=O) groups excluding carboxylic acids is 3. The number of hydrogen-bond donors (Lipinski definition) is 6. The van der Waals surface area contributed by atoms with E-state index in [1.54, 1.807) is 0 Å². The number of phenols is 4. The zero-order valence-electron chi connectivity index (χ0n) is 19.7. The minimum absolute atomic E-state index is 0.0324. The molecule has 1 saturated heterocycles. The fourth-order valence-corrected chi connectivity index (χ4v) is 4.06. The zero-order valence-corrected chi connectivity index (χ0v) is 19.7. The molecule has 4 rings (SSSR count). The first-order valence-corrected chi connectivity index (χ1v) is 11.6. The van der Waals surface area contributed by atoms with E-state index in [9.17, 15) is 34.8 Å². The van der Waals surface area contributed by atoms with Crippen LogP contribution in [0.15, 0.2) is 60.7 Å². The second kappa shape index (κ2) is 11.0. The topological polar surface area (TPSA) is 165 Å². The van der Waals surface area contributed by atoms with Gasteiger partial charge in [-0.05, 0) is 61.9 Å². The molecule has 2 atom stereocenters. The van der Waals surface area contributed by atoms with Crippen molar-refractivity contribution in [3.63, 3.8) is 0 Å². The number of aromatic hydroxyl groups is 4. The third-order valence-electron chi connectivity index (χ3n) is 6.06. The summed E-state index contributed by atoms with van der Waals surface area (Å²) in [6.07, 6.45) is 0.700. The van der Waals surface area contributed by atoms with Crippen LogP contribution in [0.25, 0.3) is 0 Å². The lowest BCUT2D eigenvalue weighted by molar-refractivity contribution is 0.0192. The highest BCUT2D eigenvalue weighted by Crippen LogP contribution is 2.34. The molecule has 10 heteroatoms. The van der Waals surface area contributed by atoms with Crippen LogP contribution in [-0.4, -0.2) is 63.3 Å². The number of benzene rings is 3. The maximum absolute atomic E-state index is 13.0. The third-order valence-corrected chi connectivity index (χ3v) is 6.06. The number of carbonyl (C=O) groups is 3. The summed E-state index contributed by atoms with van der Waals surface area (Å²) in [5.41, 5.74) is 0.394. The molecule has 192 valence electrons. The number of amides is 1. The molecule has 0 spiro atoms. The smallest absolute Gasteiger partial charge is 0.338 e. The molecule has 0 radical (unpaired) electrons. The highest BCUT2D eigenvalue weighted by Gasteiger charge is 2.29. The van der Waals surface area contributed by atoms with Gasteiger partial charge in [0.25, 0.3) is 5.91 Å². The molecule has 0 unspecified atom stereocenters. The van der Waals surface area contributed by atoms with Gasteiger partial charge in [0.05, 0.1) is 17.2 Å². The molecule has 37 heavy (non-hydrogen) atoms. The van der Waals surface area contributed by atoms with Crippen LogP contribution >= 0.6 is 0 Å². The van der Waals surface area contributed by atoms with E-state index in [0.717, 1.165) is 18.6 Å². The number of esters is 1. The lowest BCUT2D eigenvalue weighted by Crippen LogP contribution is -2.49. The van der Waals surface area contributed by atoms with Gasteiger partial charge < -0.3 is 35.8 Å². The second-order valence-corrected chi connectivity index (χ2v) is 8.68. The van der Waals surface area contributed by atoms with Gasteiger partial charge >= 0.3 is 5.97 Å². The first-order valence-electron chi connectivity index (χ1n) is 11.6. The third kappa shape index (κ3) is 5.99. The molecule has 1 fully saturated rings. The van der Waals surface area contributed by atoms with Gasteiger partial charge in [0.2, 0.25) is 0 Å². The Labute approximate surface area is 212 Å². The minimum atomic E-state index is -0.654. The Kier molecular flexibility index (Phi) is 7.59. The quantitative estimate of drug-likeness (QED) is 0.127. The van der Waals surface area contributed by atoms with Gasteiger partial charge in [-0.15, -0.1) is 0 Å². The van der Waals surface area contributed by atoms with E-state index in [-0.39, 0.29) is 33.8 Å². The predicted molar refractivity (Wildman–Crippen MR) is 132 cm³/mol. The van der Waals surface area contributed by atoms with E-state index < -0.39 is 41.3 Å². The molecule has 3 aromatic rings. The molecule has 0 aromatic heterocycles. The highest BCUT2D eigenvalue weighted by molar-refractivity contribution is 6.11. The molecule has 3 aromatic carbocycles. The Balaban J connectivity index is 1.45.